The van der Waals surface area contributed by atoms with Gasteiger partial charge in [0.1, 0.15) is 0 Å². The Labute approximate surface area is 99.0 Å². The van der Waals surface area contributed by atoms with Crippen LogP contribution in [0, 0.1) is 0 Å². The summed E-state index contributed by atoms with van der Waals surface area (Å²) >= 11 is 0. The lowest BCUT2D eigenvalue weighted by molar-refractivity contribution is 0.0594. The van der Waals surface area contributed by atoms with Gasteiger partial charge in [-0.05, 0) is 12.5 Å². The van der Waals surface area contributed by atoms with E-state index in [0.717, 1.165) is 5.56 Å². The second-order valence-electron chi connectivity index (χ2n) is 3.66. The quantitative estimate of drug-likeness (QED) is 0.754. The summed E-state index contributed by atoms with van der Waals surface area (Å²) in [6.07, 6.45) is 1.59. The second-order valence-corrected chi connectivity index (χ2v) is 3.66. The highest BCUT2D eigenvalue weighted by Gasteiger charge is 2.14. The van der Waals surface area contributed by atoms with Crippen LogP contribution in [0.15, 0.2) is 36.5 Å². The van der Waals surface area contributed by atoms with Gasteiger partial charge in [0.25, 0.3) is 0 Å². The van der Waals surface area contributed by atoms with Crippen LogP contribution in [0.25, 0.3) is 0 Å². The molecule has 0 bridgehead atoms. The second kappa shape index (κ2) is 4.78. The number of esters is 1. The maximum absolute atomic E-state index is 11.2. The SMILES string of the molecule is COC(=O)c1cn(C(C)c2ccccc2)nn1. The van der Waals surface area contributed by atoms with E-state index in [9.17, 15) is 4.79 Å². The molecule has 0 aliphatic heterocycles. The van der Waals surface area contributed by atoms with Crippen LogP contribution in [-0.2, 0) is 4.74 Å². The smallest absolute Gasteiger partial charge is 0.360 e. The van der Waals surface area contributed by atoms with Crippen molar-refractivity contribution in [2.24, 2.45) is 0 Å². The van der Waals surface area contributed by atoms with Crippen LogP contribution < -0.4 is 0 Å². The van der Waals surface area contributed by atoms with Crippen molar-refractivity contribution in [3.05, 3.63) is 47.8 Å². The minimum atomic E-state index is -0.475. The first-order chi connectivity index (χ1) is 8.22. The number of carbonyl (C=O) groups is 1. The van der Waals surface area contributed by atoms with Crippen LogP contribution in [0.5, 0.6) is 0 Å². The molecular weight excluding hydrogens is 218 g/mol. The molecule has 88 valence electrons. The van der Waals surface area contributed by atoms with Crippen molar-refractivity contribution in [1.29, 1.82) is 0 Å². The van der Waals surface area contributed by atoms with Crippen LogP contribution >= 0.6 is 0 Å². The van der Waals surface area contributed by atoms with Crippen LogP contribution in [0.2, 0.25) is 0 Å². The lowest BCUT2D eigenvalue weighted by Crippen LogP contribution is -2.07. The topological polar surface area (TPSA) is 57.0 Å². The highest BCUT2D eigenvalue weighted by atomic mass is 16.5. The summed E-state index contributed by atoms with van der Waals surface area (Å²) in [5.41, 5.74) is 1.32. The molecule has 1 unspecified atom stereocenters. The number of aromatic nitrogens is 3. The molecule has 1 aromatic carbocycles. The highest BCUT2D eigenvalue weighted by molar-refractivity contribution is 5.86. The fourth-order valence-corrected chi connectivity index (χ4v) is 1.55. The average Bonchev–Trinajstić information content (AvgIpc) is 2.87. The van der Waals surface area contributed by atoms with Gasteiger partial charge in [-0.25, -0.2) is 9.48 Å². The summed E-state index contributed by atoms with van der Waals surface area (Å²) < 4.78 is 6.22. The normalized spacial score (nSPS) is 12.1. The van der Waals surface area contributed by atoms with Crippen LogP contribution in [0.1, 0.15) is 29.0 Å². The number of nitrogens with zero attached hydrogens (tertiary/aromatic N) is 3. The molecule has 0 N–H and O–H groups in total. The largest absolute Gasteiger partial charge is 0.464 e. The highest BCUT2D eigenvalue weighted by Crippen LogP contribution is 2.16. The summed E-state index contributed by atoms with van der Waals surface area (Å²) in [4.78, 5) is 11.2. The minimum Gasteiger partial charge on any atom is -0.464 e. The molecule has 0 amide bonds. The van der Waals surface area contributed by atoms with Gasteiger partial charge < -0.3 is 4.74 Å². The molecule has 0 aliphatic rings. The molecule has 0 fully saturated rings. The van der Waals surface area contributed by atoms with E-state index in [2.05, 4.69) is 15.0 Å². The zero-order valence-electron chi connectivity index (χ0n) is 9.70. The molecule has 0 spiro atoms. The average molecular weight is 231 g/mol. The van der Waals surface area contributed by atoms with Crippen molar-refractivity contribution in [2.45, 2.75) is 13.0 Å². The Hall–Kier alpha value is -2.17. The standard InChI is InChI=1S/C12H13N3O2/c1-9(10-6-4-3-5-7-10)15-8-11(13-14-15)12(16)17-2/h3-9H,1-2H3. The lowest BCUT2D eigenvalue weighted by Gasteiger charge is -2.10. The maximum atomic E-state index is 11.2. The number of benzene rings is 1. The van der Waals surface area contributed by atoms with Crippen LogP contribution in [-0.4, -0.2) is 28.1 Å². The van der Waals surface area contributed by atoms with E-state index in [-0.39, 0.29) is 11.7 Å². The van der Waals surface area contributed by atoms with Crippen LogP contribution in [0.4, 0.5) is 0 Å². The first kappa shape index (κ1) is 11.3. The summed E-state index contributed by atoms with van der Waals surface area (Å²) in [5, 5.41) is 7.70. The lowest BCUT2D eigenvalue weighted by atomic mass is 10.1. The first-order valence-electron chi connectivity index (χ1n) is 5.27. The van der Waals surface area contributed by atoms with Gasteiger partial charge in [-0.1, -0.05) is 35.5 Å². The predicted octanol–water partition coefficient (Wildman–Crippen LogP) is 1.67. The number of rotatable bonds is 3. The number of hydrogen-bond acceptors (Lipinski definition) is 4. The number of carbonyl (C=O) groups excluding carboxylic acids is 1. The third-order valence-corrected chi connectivity index (χ3v) is 2.58. The molecule has 1 aromatic heterocycles. The summed E-state index contributed by atoms with van der Waals surface area (Å²) in [5.74, 6) is -0.475. The molecule has 0 saturated carbocycles. The maximum Gasteiger partial charge on any atom is 0.360 e. The van der Waals surface area contributed by atoms with E-state index in [1.54, 1.807) is 10.9 Å². The Kier molecular flexibility index (Phi) is 3.18. The third kappa shape index (κ3) is 2.33. The van der Waals surface area contributed by atoms with E-state index in [1.807, 2.05) is 37.3 Å². The van der Waals surface area contributed by atoms with Gasteiger partial charge in [-0.2, -0.15) is 0 Å². The van der Waals surface area contributed by atoms with Gasteiger partial charge in [-0.15, -0.1) is 5.10 Å². The Morgan fingerprint density at radius 1 is 1.35 bits per heavy atom. The van der Waals surface area contributed by atoms with Crippen molar-refractivity contribution in [3.8, 4) is 0 Å². The summed E-state index contributed by atoms with van der Waals surface area (Å²) in [6, 6.07) is 9.92. The van der Waals surface area contributed by atoms with Gasteiger partial charge in [-0.3, -0.25) is 0 Å². The zero-order valence-corrected chi connectivity index (χ0v) is 9.70. The zero-order chi connectivity index (χ0) is 12.3. The molecule has 0 aliphatic carbocycles. The number of ether oxygens (including phenoxy) is 1. The van der Waals surface area contributed by atoms with Crippen molar-refractivity contribution in [2.75, 3.05) is 7.11 Å². The van der Waals surface area contributed by atoms with Crippen molar-refractivity contribution in [1.82, 2.24) is 15.0 Å². The van der Waals surface area contributed by atoms with Crippen molar-refractivity contribution >= 4 is 5.97 Å². The molecule has 1 heterocycles. The van der Waals surface area contributed by atoms with Gasteiger partial charge in [0.2, 0.25) is 0 Å². The van der Waals surface area contributed by atoms with Gasteiger partial charge in [0, 0.05) is 0 Å². The third-order valence-electron chi connectivity index (χ3n) is 2.58. The molecule has 2 rings (SSSR count). The fraction of sp³-hybridized carbons (Fsp3) is 0.250. The monoisotopic (exact) mass is 231 g/mol. The Morgan fingerprint density at radius 2 is 2.06 bits per heavy atom. The summed E-state index contributed by atoms with van der Waals surface area (Å²) in [7, 11) is 1.32. The molecule has 2 aromatic rings. The van der Waals surface area contributed by atoms with Crippen molar-refractivity contribution in [3.63, 3.8) is 0 Å². The van der Waals surface area contributed by atoms with E-state index in [0.29, 0.717) is 0 Å². The molecule has 5 nitrogen and oxygen atoms in total. The number of methoxy groups -OCH3 is 1. The van der Waals surface area contributed by atoms with Gasteiger partial charge in [0.05, 0.1) is 19.3 Å². The van der Waals surface area contributed by atoms with Gasteiger partial charge >= 0.3 is 5.97 Å². The molecule has 0 saturated heterocycles. The predicted molar refractivity (Wildman–Crippen MR) is 61.6 cm³/mol. The Balaban J connectivity index is 2.23. The first-order valence-corrected chi connectivity index (χ1v) is 5.27. The number of hydrogen-bond donors (Lipinski definition) is 0. The fourth-order valence-electron chi connectivity index (χ4n) is 1.55. The molecule has 1 atom stereocenters. The van der Waals surface area contributed by atoms with E-state index in [1.165, 1.54) is 7.11 Å². The molecular formula is C12H13N3O2. The molecule has 0 radical (unpaired) electrons. The van der Waals surface area contributed by atoms with Crippen LogP contribution in [0.3, 0.4) is 0 Å². The van der Waals surface area contributed by atoms with Gasteiger partial charge in [0.15, 0.2) is 5.69 Å². The van der Waals surface area contributed by atoms with E-state index >= 15 is 0 Å². The Morgan fingerprint density at radius 3 is 2.71 bits per heavy atom. The summed E-state index contributed by atoms with van der Waals surface area (Å²) in [6.45, 7) is 1.99. The molecule has 17 heavy (non-hydrogen) atoms. The molecule has 5 heteroatoms. The van der Waals surface area contributed by atoms with E-state index < -0.39 is 5.97 Å². The van der Waals surface area contributed by atoms with Crippen molar-refractivity contribution < 1.29 is 9.53 Å². The Bertz CT molecular complexity index is 507. The minimum absolute atomic E-state index is 0.0297. The van der Waals surface area contributed by atoms with E-state index in [4.69, 9.17) is 0 Å².